The van der Waals surface area contributed by atoms with Gasteiger partial charge in [-0.1, -0.05) is 6.42 Å². The molecular weight excluding hydrogens is 238 g/mol. The summed E-state index contributed by atoms with van der Waals surface area (Å²) >= 11 is 0. The number of piperidine rings is 1. The van der Waals surface area contributed by atoms with E-state index in [9.17, 15) is 8.42 Å². The number of hydrogen-bond donors (Lipinski definition) is 2. The molecule has 2 unspecified atom stereocenters. The molecule has 5 nitrogen and oxygen atoms in total. The van der Waals surface area contributed by atoms with Crippen LogP contribution < -0.4 is 10.0 Å². The van der Waals surface area contributed by atoms with Crippen LogP contribution in [0.15, 0.2) is 0 Å². The fraction of sp³-hybridized carbons (Fsp3) is 1.00. The first-order chi connectivity index (χ1) is 8.09. The third-order valence-corrected chi connectivity index (χ3v) is 5.46. The molecule has 0 aromatic heterocycles. The first-order valence-corrected chi connectivity index (χ1v) is 8.01. The van der Waals surface area contributed by atoms with Crippen LogP contribution >= 0.6 is 0 Å². The van der Waals surface area contributed by atoms with Gasteiger partial charge < -0.3 is 5.32 Å². The summed E-state index contributed by atoms with van der Waals surface area (Å²) in [6, 6.07) is 0.142. The van der Waals surface area contributed by atoms with Crippen molar-refractivity contribution in [2.75, 3.05) is 26.2 Å². The Morgan fingerprint density at radius 3 is 2.82 bits per heavy atom. The van der Waals surface area contributed by atoms with E-state index in [1.54, 1.807) is 4.31 Å². The molecule has 0 bridgehead atoms. The van der Waals surface area contributed by atoms with Crippen LogP contribution in [0.3, 0.4) is 0 Å². The lowest BCUT2D eigenvalue weighted by molar-refractivity contribution is 0.264. The third-order valence-electron chi connectivity index (χ3n) is 3.77. The van der Waals surface area contributed by atoms with Crippen LogP contribution in [0.2, 0.25) is 0 Å². The fourth-order valence-corrected chi connectivity index (χ4v) is 4.18. The summed E-state index contributed by atoms with van der Waals surface area (Å²) in [5.41, 5.74) is 0. The molecule has 2 rings (SSSR count). The Balaban J connectivity index is 1.88. The molecule has 2 heterocycles. The zero-order valence-electron chi connectivity index (χ0n) is 10.5. The van der Waals surface area contributed by atoms with Gasteiger partial charge >= 0.3 is 0 Å². The van der Waals surface area contributed by atoms with Gasteiger partial charge in [-0.3, -0.25) is 0 Å². The molecule has 0 aromatic carbocycles. The molecule has 0 saturated carbocycles. The smallest absolute Gasteiger partial charge is 0.279 e. The summed E-state index contributed by atoms with van der Waals surface area (Å²) < 4.78 is 28.7. The molecule has 0 amide bonds. The van der Waals surface area contributed by atoms with Gasteiger partial charge in [0, 0.05) is 19.1 Å². The number of nitrogens with zero attached hydrogens (tertiary/aromatic N) is 1. The topological polar surface area (TPSA) is 61.4 Å². The fourth-order valence-electron chi connectivity index (χ4n) is 2.62. The Kier molecular flexibility index (Phi) is 4.41. The zero-order valence-corrected chi connectivity index (χ0v) is 11.3. The molecule has 0 radical (unpaired) electrons. The molecule has 2 fully saturated rings. The first-order valence-electron chi connectivity index (χ1n) is 6.57. The van der Waals surface area contributed by atoms with Crippen LogP contribution in [0.25, 0.3) is 0 Å². The molecule has 100 valence electrons. The second-order valence-electron chi connectivity index (χ2n) is 5.17. The second-order valence-corrected chi connectivity index (χ2v) is 6.88. The van der Waals surface area contributed by atoms with Crippen molar-refractivity contribution < 1.29 is 8.42 Å². The van der Waals surface area contributed by atoms with Gasteiger partial charge in [0.1, 0.15) is 0 Å². The van der Waals surface area contributed by atoms with Gasteiger partial charge in [0.05, 0.1) is 0 Å². The normalized spacial score (nSPS) is 31.8. The van der Waals surface area contributed by atoms with E-state index in [0.29, 0.717) is 19.0 Å². The van der Waals surface area contributed by atoms with Crippen molar-refractivity contribution in [3.8, 4) is 0 Å². The third kappa shape index (κ3) is 3.40. The maximum absolute atomic E-state index is 12.1. The maximum Gasteiger partial charge on any atom is 0.279 e. The Morgan fingerprint density at radius 1 is 1.35 bits per heavy atom. The van der Waals surface area contributed by atoms with Gasteiger partial charge in [0.25, 0.3) is 10.2 Å². The van der Waals surface area contributed by atoms with Crippen molar-refractivity contribution in [1.29, 1.82) is 0 Å². The van der Waals surface area contributed by atoms with Crippen LogP contribution in [0, 0.1) is 5.92 Å². The predicted octanol–water partition coefficient (Wildman–Crippen LogP) is 0.305. The van der Waals surface area contributed by atoms with Crippen molar-refractivity contribution in [2.45, 2.75) is 38.6 Å². The zero-order chi connectivity index (χ0) is 12.3. The minimum atomic E-state index is -3.26. The molecule has 2 atom stereocenters. The summed E-state index contributed by atoms with van der Waals surface area (Å²) in [6.45, 7) is 5.16. The quantitative estimate of drug-likeness (QED) is 0.765. The number of hydrogen-bond acceptors (Lipinski definition) is 3. The SMILES string of the molecule is CC1CCCCN1S(=O)(=O)NCC1CCNC1. The van der Waals surface area contributed by atoms with Crippen LogP contribution in [0.5, 0.6) is 0 Å². The summed E-state index contributed by atoms with van der Waals surface area (Å²) in [5, 5.41) is 3.25. The van der Waals surface area contributed by atoms with E-state index in [4.69, 9.17) is 0 Å². The lowest BCUT2D eigenvalue weighted by atomic mass is 10.1. The van der Waals surface area contributed by atoms with Crippen LogP contribution in [-0.2, 0) is 10.2 Å². The van der Waals surface area contributed by atoms with Gasteiger partial charge in [-0.15, -0.1) is 0 Å². The number of rotatable bonds is 4. The molecule has 0 spiro atoms. The van der Waals surface area contributed by atoms with Gasteiger partial charge in [-0.2, -0.15) is 12.7 Å². The minimum absolute atomic E-state index is 0.142. The molecule has 17 heavy (non-hydrogen) atoms. The Morgan fingerprint density at radius 2 is 2.18 bits per heavy atom. The minimum Gasteiger partial charge on any atom is -0.316 e. The molecular formula is C11H23N3O2S. The highest BCUT2D eigenvalue weighted by molar-refractivity contribution is 7.87. The molecule has 2 aliphatic rings. The Labute approximate surface area is 104 Å². The van der Waals surface area contributed by atoms with E-state index >= 15 is 0 Å². The van der Waals surface area contributed by atoms with Crippen molar-refractivity contribution in [1.82, 2.24) is 14.3 Å². The summed E-state index contributed by atoms with van der Waals surface area (Å²) in [4.78, 5) is 0. The average Bonchev–Trinajstić information content (AvgIpc) is 2.80. The van der Waals surface area contributed by atoms with Gasteiger partial charge in [0.15, 0.2) is 0 Å². The van der Waals surface area contributed by atoms with E-state index in [1.165, 1.54) is 0 Å². The summed E-state index contributed by atoms with van der Waals surface area (Å²) in [7, 11) is -3.26. The molecule has 2 aliphatic heterocycles. The lowest BCUT2D eigenvalue weighted by Gasteiger charge is -2.32. The highest BCUT2D eigenvalue weighted by Gasteiger charge is 2.29. The van der Waals surface area contributed by atoms with Gasteiger partial charge in [0.2, 0.25) is 0 Å². The van der Waals surface area contributed by atoms with Crippen molar-refractivity contribution in [2.24, 2.45) is 5.92 Å². The van der Waals surface area contributed by atoms with E-state index in [2.05, 4.69) is 10.0 Å². The summed E-state index contributed by atoms with van der Waals surface area (Å²) in [5.74, 6) is 0.449. The Hall–Kier alpha value is -0.170. The largest absolute Gasteiger partial charge is 0.316 e. The second kappa shape index (κ2) is 5.65. The predicted molar refractivity (Wildman–Crippen MR) is 67.9 cm³/mol. The molecule has 6 heteroatoms. The number of nitrogens with one attached hydrogen (secondary N) is 2. The van der Waals surface area contributed by atoms with Gasteiger partial charge in [-0.05, 0) is 45.2 Å². The van der Waals surface area contributed by atoms with E-state index in [1.807, 2.05) is 6.92 Å². The maximum atomic E-state index is 12.1. The van der Waals surface area contributed by atoms with Crippen LogP contribution in [0.4, 0.5) is 0 Å². The van der Waals surface area contributed by atoms with Crippen molar-refractivity contribution in [3.63, 3.8) is 0 Å². The van der Waals surface area contributed by atoms with Crippen LogP contribution in [-0.4, -0.2) is 44.9 Å². The first kappa shape index (κ1) is 13.3. The molecule has 2 saturated heterocycles. The molecule has 0 aromatic rings. The summed E-state index contributed by atoms with van der Waals surface area (Å²) in [6.07, 6.45) is 4.17. The highest BCUT2D eigenvalue weighted by Crippen LogP contribution is 2.19. The van der Waals surface area contributed by atoms with Crippen molar-refractivity contribution >= 4 is 10.2 Å². The average molecular weight is 261 g/mol. The van der Waals surface area contributed by atoms with E-state index in [-0.39, 0.29) is 6.04 Å². The van der Waals surface area contributed by atoms with Gasteiger partial charge in [-0.25, -0.2) is 4.72 Å². The Bertz CT molecular complexity index is 339. The van der Waals surface area contributed by atoms with E-state index < -0.39 is 10.2 Å². The molecule has 2 N–H and O–H groups in total. The lowest BCUT2D eigenvalue weighted by Crippen LogP contribution is -2.48. The standard InChI is InChI=1S/C11H23N3O2S/c1-10-4-2-3-7-14(10)17(15,16)13-9-11-5-6-12-8-11/h10-13H,2-9H2,1H3. The molecule has 0 aliphatic carbocycles. The monoisotopic (exact) mass is 261 g/mol. The van der Waals surface area contributed by atoms with E-state index in [0.717, 1.165) is 38.8 Å². The van der Waals surface area contributed by atoms with Crippen LogP contribution in [0.1, 0.15) is 32.6 Å². The van der Waals surface area contributed by atoms with Crippen molar-refractivity contribution in [3.05, 3.63) is 0 Å². The highest BCUT2D eigenvalue weighted by atomic mass is 32.2.